The number of rotatable bonds is 3. The van der Waals surface area contributed by atoms with Crippen LogP contribution in [-0.2, 0) is 0 Å². The Balaban J connectivity index is 2.12. The van der Waals surface area contributed by atoms with Gasteiger partial charge in [0.2, 0.25) is 0 Å². The van der Waals surface area contributed by atoms with Gasteiger partial charge in [0.05, 0.1) is 0 Å². The summed E-state index contributed by atoms with van der Waals surface area (Å²) in [7, 11) is 0. The smallest absolute Gasteiger partial charge is 0.0446 e. The number of hydrogen-bond acceptors (Lipinski definition) is 2. The van der Waals surface area contributed by atoms with E-state index in [9.17, 15) is 0 Å². The normalized spacial score (nSPS) is 19.7. The van der Waals surface area contributed by atoms with Gasteiger partial charge in [-0.3, -0.25) is 0 Å². The van der Waals surface area contributed by atoms with Crippen LogP contribution in [0.2, 0.25) is 0 Å². The van der Waals surface area contributed by atoms with E-state index < -0.39 is 0 Å². The maximum Gasteiger partial charge on any atom is 0.0446 e. The minimum Gasteiger partial charge on any atom is -0.398 e. The summed E-state index contributed by atoms with van der Waals surface area (Å²) in [5.41, 5.74) is 20.3. The van der Waals surface area contributed by atoms with Crippen molar-refractivity contribution in [3.8, 4) is 0 Å². The van der Waals surface area contributed by atoms with Crippen LogP contribution < -0.4 is 11.5 Å². The molecule has 2 aliphatic carbocycles. The van der Waals surface area contributed by atoms with Crippen LogP contribution in [0, 0.1) is 0 Å². The highest BCUT2D eigenvalue weighted by Gasteiger charge is 2.27. The third-order valence-corrected chi connectivity index (χ3v) is 5.50. The molecule has 0 heterocycles. The highest BCUT2D eigenvalue weighted by Crippen LogP contribution is 2.46. The van der Waals surface area contributed by atoms with E-state index in [-0.39, 0.29) is 0 Å². The lowest BCUT2D eigenvalue weighted by atomic mass is 9.84. The Kier molecular flexibility index (Phi) is 4.46. The Hall–Kier alpha value is -1.44. The fourth-order valence-electron chi connectivity index (χ4n) is 4.47. The number of anilines is 2. The second-order valence-electron chi connectivity index (χ2n) is 7.48. The fraction of sp³-hybridized carbons (Fsp3) is 0.600. The van der Waals surface area contributed by atoms with E-state index >= 15 is 0 Å². The van der Waals surface area contributed by atoms with Crippen molar-refractivity contribution in [3.63, 3.8) is 0 Å². The summed E-state index contributed by atoms with van der Waals surface area (Å²) in [6, 6.07) is 2.26. The van der Waals surface area contributed by atoms with Gasteiger partial charge in [0.1, 0.15) is 0 Å². The molecule has 1 aromatic rings. The molecule has 0 atom stereocenters. The van der Waals surface area contributed by atoms with Crippen molar-refractivity contribution in [2.75, 3.05) is 11.5 Å². The van der Waals surface area contributed by atoms with Crippen molar-refractivity contribution >= 4 is 17.5 Å². The number of nitrogens with two attached hydrogens (primary N) is 2. The molecule has 0 aliphatic heterocycles. The first kappa shape index (κ1) is 15.5. The molecular weight excluding hydrogens is 268 g/mol. The van der Waals surface area contributed by atoms with Crippen LogP contribution in [0.25, 0.3) is 6.08 Å². The molecule has 120 valence electrons. The van der Waals surface area contributed by atoms with Gasteiger partial charge in [0.25, 0.3) is 0 Å². The maximum atomic E-state index is 6.66. The monoisotopic (exact) mass is 298 g/mol. The molecule has 4 N–H and O–H groups in total. The summed E-state index contributed by atoms with van der Waals surface area (Å²) in [5.74, 6) is 1.22. The highest BCUT2D eigenvalue weighted by molar-refractivity contribution is 5.78. The second-order valence-corrected chi connectivity index (χ2v) is 7.48. The third kappa shape index (κ3) is 2.88. The molecule has 2 saturated carbocycles. The van der Waals surface area contributed by atoms with Gasteiger partial charge in [0.15, 0.2) is 0 Å². The first-order chi connectivity index (χ1) is 10.6. The predicted molar refractivity (Wildman–Crippen MR) is 97.0 cm³/mol. The molecule has 1 aromatic carbocycles. The van der Waals surface area contributed by atoms with Gasteiger partial charge in [-0.25, -0.2) is 0 Å². The number of benzene rings is 1. The van der Waals surface area contributed by atoms with Crippen molar-refractivity contribution in [2.24, 2.45) is 0 Å². The molecule has 2 heteroatoms. The van der Waals surface area contributed by atoms with Crippen molar-refractivity contribution < 1.29 is 0 Å². The zero-order valence-corrected chi connectivity index (χ0v) is 14.1. The maximum absolute atomic E-state index is 6.66. The fourth-order valence-corrected chi connectivity index (χ4v) is 4.47. The third-order valence-electron chi connectivity index (χ3n) is 5.50. The van der Waals surface area contributed by atoms with Crippen LogP contribution in [0.1, 0.15) is 93.7 Å². The van der Waals surface area contributed by atoms with E-state index in [0.29, 0.717) is 11.8 Å². The molecule has 0 saturated heterocycles. The Morgan fingerprint density at radius 1 is 0.955 bits per heavy atom. The van der Waals surface area contributed by atoms with E-state index in [1.54, 1.807) is 0 Å². The molecule has 0 radical (unpaired) electrons. The first-order valence-corrected chi connectivity index (χ1v) is 8.94. The average molecular weight is 298 g/mol. The summed E-state index contributed by atoms with van der Waals surface area (Å²) in [6.45, 7) is 4.31. The number of allylic oxidation sites excluding steroid dienone is 1. The molecule has 0 amide bonds. The van der Waals surface area contributed by atoms with Gasteiger partial charge < -0.3 is 11.5 Å². The Morgan fingerprint density at radius 2 is 1.50 bits per heavy atom. The molecule has 0 unspecified atom stereocenters. The molecule has 3 rings (SSSR count). The van der Waals surface area contributed by atoms with Crippen LogP contribution >= 0.6 is 0 Å². The van der Waals surface area contributed by atoms with Crippen LogP contribution in [-0.4, -0.2) is 0 Å². The second kappa shape index (κ2) is 6.36. The van der Waals surface area contributed by atoms with Gasteiger partial charge in [-0.05, 0) is 63.0 Å². The number of nitrogen functional groups attached to an aromatic ring is 2. The summed E-state index contributed by atoms with van der Waals surface area (Å²) < 4.78 is 0. The molecule has 2 fully saturated rings. The van der Waals surface area contributed by atoms with Crippen LogP contribution in [0.3, 0.4) is 0 Å². The molecule has 2 aliphatic rings. The van der Waals surface area contributed by atoms with Gasteiger partial charge in [-0.15, -0.1) is 0 Å². The van der Waals surface area contributed by atoms with Gasteiger partial charge in [-0.1, -0.05) is 37.3 Å². The van der Waals surface area contributed by atoms with Crippen LogP contribution in [0.4, 0.5) is 11.4 Å². The van der Waals surface area contributed by atoms with E-state index in [1.165, 1.54) is 73.6 Å². The van der Waals surface area contributed by atoms with Gasteiger partial charge in [0, 0.05) is 22.5 Å². The summed E-state index contributed by atoms with van der Waals surface area (Å²) in [6.07, 6.45) is 12.6. The molecule has 2 nitrogen and oxygen atoms in total. The molecule has 0 bridgehead atoms. The lowest BCUT2D eigenvalue weighted by Crippen LogP contribution is -2.10. The largest absolute Gasteiger partial charge is 0.398 e. The van der Waals surface area contributed by atoms with Crippen molar-refractivity contribution in [1.82, 2.24) is 0 Å². The summed E-state index contributed by atoms with van der Waals surface area (Å²) >= 11 is 0. The van der Waals surface area contributed by atoms with E-state index in [0.717, 1.165) is 11.4 Å². The van der Waals surface area contributed by atoms with E-state index in [4.69, 9.17) is 11.5 Å². The first-order valence-electron chi connectivity index (χ1n) is 8.94. The zero-order valence-electron chi connectivity index (χ0n) is 14.1. The Bertz CT molecular complexity index is 570. The number of hydrogen-bond donors (Lipinski definition) is 2. The van der Waals surface area contributed by atoms with Crippen LogP contribution in [0.15, 0.2) is 11.6 Å². The SMILES string of the molecule is CC(C)=Cc1c(C2CCCC2)cc(N)c(C2CCCC2)c1N. The topological polar surface area (TPSA) is 52.0 Å². The van der Waals surface area contributed by atoms with Crippen molar-refractivity contribution in [3.05, 3.63) is 28.3 Å². The summed E-state index contributed by atoms with van der Waals surface area (Å²) in [5, 5.41) is 0. The van der Waals surface area contributed by atoms with E-state index in [1.807, 2.05) is 0 Å². The van der Waals surface area contributed by atoms with Gasteiger partial charge >= 0.3 is 0 Å². The lowest BCUT2D eigenvalue weighted by Gasteiger charge is -2.23. The molecule has 0 spiro atoms. The minimum absolute atomic E-state index is 0.571. The van der Waals surface area contributed by atoms with Crippen molar-refractivity contribution in [1.29, 1.82) is 0 Å². The Labute approximate surface area is 135 Å². The Morgan fingerprint density at radius 3 is 2.05 bits per heavy atom. The van der Waals surface area contributed by atoms with Gasteiger partial charge in [-0.2, -0.15) is 0 Å². The van der Waals surface area contributed by atoms with Crippen LogP contribution in [0.5, 0.6) is 0 Å². The molecule has 22 heavy (non-hydrogen) atoms. The standard InChI is InChI=1S/C20H30N2/c1-13(2)11-17-16(14-7-3-4-8-14)12-18(21)19(20(17)22)15-9-5-6-10-15/h11-12,14-15H,3-10,21-22H2,1-2H3. The quantitative estimate of drug-likeness (QED) is 0.715. The van der Waals surface area contributed by atoms with E-state index in [2.05, 4.69) is 26.0 Å². The minimum atomic E-state index is 0.571. The zero-order chi connectivity index (χ0) is 15.7. The lowest BCUT2D eigenvalue weighted by molar-refractivity contribution is 0.711. The highest BCUT2D eigenvalue weighted by atomic mass is 14.6. The van der Waals surface area contributed by atoms with Crippen molar-refractivity contribution in [2.45, 2.75) is 77.0 Å². The average Bonchev–Trinajstić information content (AvgIpc) is 3.14. The molecule has 0 aromatic heterocycles. The molecular formula is C20H30N2. The predicted octanol–water partition coefficient (Wildman–Crippen LogP) is 5.59. The summed E-state index contributed by atoms with van der Waals surface area (Å²) in [4.78, 5) is 0.